The minimum atomic E-state index is -0.236. The van der Waals surface area contributed by atoms with Gasteiger partial charge in [-0.3, -0.25) is 4.79 Å². The van der Waals surface area contributed by atoms with Crippen LogP contribution in [0.25, 0.3) is 0 Å². The van der Waals surface area contributed by atoms with Gasteiger partial charge >= 0.3 is 0 Å². The Hall–Kier alpha value is -2.34. The lowest BCUT2D eigenvalue weighted by Crippen LogP contribution is -2.52. The zero-order valence-electron chi connectivity index (χ0n) is 14.4. The van der Waals surface area contributed by atoms with Gasteiger partial charge in [-0.25, -0.2) is 0 Å². The van der Waals surface area contributed by atoms with Crippen molar-refractivity contribution in [1.29, 1.82) is 0 Å². The predicted octanol–water partition coefficient (Wildman–Crippen LogP) is 2.78. The molecule has 1 aromatic heterocycles. The maximum absolute atomic E-state index is 12.5. The van der Waals surface area contributed by atoms with Crippen LogP contribution in [-0.2, 0) is 0 Å². The molecule has 1 amide bonds. The van der Waals surface area contributed by atoms with Crippen molar-refractivity contribution < 1.29 is 14.1 Å². The number of ether oxygens (including phenoxy) is 1. The van der Waals surface area contributed by atoms with Gasteiger partial charge in [-0.1, -0.05) is 30.3 Å². The lowest BCUT2D eigenvalue weighted by atomic mass is 9.80. The number of piperidine rings is 1. The molecule has 1 saturated heterocycles. The lowest BCUT2D eigenvalue weighted by Gasteiger charge is -2.46. The normalized spacial score (nSPS) is 22.2. The van der Waals surface area contributed by atoms with Crippen molar-refractivity contribution in [2.24, 2.45) is 0 Å². The highest BCUT2D eigenvalue weighted by Crippen LogP contribution is 2.44. The Morgan fingerprint density at radius 2 is 2.12 bits per heavy atom. The van der Waals surface area contributed by atoms with E-state index in [0.717, 1.165) is 50.2 Å². The summed E-state index contributed by atoms with van der Waals surface area (Å²) < 4.78 is 11.4. The minimum absolute atomic E-state index is 0.0873. The molecule has 0 radical (unpaired) electrons. The molecular formula is C19H23N3O3. The Morgan fingerprint density at radius 3 is 2.84 bits per heavy atom. The number of carbonyl (C=O) groups is 1. The number of fused-ring (bicyclic) bond motifs is 1. The van der Waals surface area contributed by atoms with Crippen molar-refractivity contribution in [2.45, 2.75) is 37.8 Å². The number of nitrogens with one attached hydrogen (secondary N) is 1. The fraction of sp³-hybridized carbons (Fsp3) is 0.474. The van der Waals surface area contributed by atoms with Gasteiger partial charge in [0.2, 0.25) is 5.76 Å². The van der Waals surface area contributed by atoms with E-state index in [1.54, 1.807) is 6.07 Å². The molecule has 1 spiro atoms. The predicted molar refractivity (Wildman–Crippen MR) is 92.5 cm³/mol. The topological polar surface area (TPSA) is 67.6 Å². The SMILES string of the molecule is CCN1CCC2(CC1)CC(NC(=O)c1ccno1)c1ccccc1O2. The molecule has 0 aliphatic carbocycles. The Morgan fingerprint density at radius 1 is 1.32 bits per heavy atom. The number of rotatable bonds is 3. The highest BCUT2D eigenvalue weighted by Gasteiger charge is 2.43. The zero-order chi connectivity index (χ0) is 17.3. The van der Waals surface area contributed by atoms with Crippen LogP contribution in [0.15, 0.2) is 41.1 Å². The highest BCUT2D eigenvalue weighted by molar-refractivity contribution is 5.91. The first-order chi connectivity index (χ1) is 12.2. The third-order valence-electron chi connectivity index (χ3n) is 5.38. The van der Waals surface area contributed by atoms with E-state index in [4.69, 9.17) is 9.26 Å². The van der Waals surface area contributed by atoms with Crippen LogP contribution in [0, 0.1) is 0 Å². The molecule has 6 nitrogen and oxygen atoms in total. The smallest absolute Gasteiger partial charge is 0.290 e. The van der Waals surface area contributed by atoms with Crippen LogP contribution >= 0.6 is 0 Å². The summed E-state index contributed by atoms with van der Waals surface area (Å²) in [6.07, 6.45) is 4.21. The molecule has 2 aromatic rings. The number of aromatic nitrogens is 1. The van der Waals surface area contributed by atoms with Gasteiger partial charge in [0, 0.05) is 31.1 Å². The summed E-state index contributed by atoms with van der Waals surface area (Å²) in [7, 11) is 0. The van der Waals surface area contributed by atoms with Crippen LogP contribution in [0.5, 0.6) is 5.75 Å². The van der Waals surface area contributed by atoms with Crippen molar-refractivity contribution in [3.8, 4) is 5.75 Å². The van der Waals surface area contributed by atoms with Gasteiger partial charge in [0.15, 0.2) is 0 Å². The minimum Gasteiger partial charge on any atom is -0.487 e. The average molecular weight is 341 g/mol. The first-order valence-corrected chi connectivity index (χ1v) is 8.91. The zero-order valence-corrected chi connectivity index (χ0v) is 14.4. The Balaban J connectivity index is 1.58. The van der Waals surface area contributed by atoms with Gasteiger partial charge in [-0.15, -0.1) is 0 Å². The summed E-state index contributed by atoms with van der Waals surface area (Å²) in [5, 5.41) is 6.72. The van der Waals surface area contributed by atoms with Crippen LogP contribution in [0.2, 0.25) is 0 Å². The summed E-state index contributed by atoms with van der Waals surface area (Å²) in [5.74, 6) is 0.876. The molecular weight excluding hydrogens is 318 g/mol. The molecule has 2 aliphatic rings. The summed E-state index contributed by atoms with van der Waals surface area (Å²) in [6.45, 7) is 5.32. The number of hydrogen-bond acceptors (Lipinski definition) is 5. The van der Waals surface area contributed by atoms with Crippen LogP contribution in [0.4, 0.5) is 0 Å². The molecule has 1 aromatic carbocycles. The fourth-order valence-corrected chi connectivity index (χ4v) is 3.89. The number of benzene rings is 1. The second kappa shape index (κ2) is 6.52. The monoisotopic (exact) mass is 341 g/mol. The van der Waals surface area contributed by atoms with Crippen LogP contribution in [0.3, 0.4) is 0 Å². The molecule has 1 N–H and O–H groups in total. The quantitative estimate of drug-likeness (QED) is 0.930. The Bertz CT molecular complexity index is 736. The molecule has 1 fully saturated rings. The number of nitrogens with zero attached hydrogens (tertiary/aromatic N) is 2. The maximum Gasteiger partial charge on any atom is 0.290 e. The van der Waals surface area contributed by atoms with Gasteiger partial charge in [0.1, 0.15) is 11.4 Å². The first-order valence-electron chi connectivity index (χ1n) is 8.91. The first kappa shape index (κ1) is 16.1. The van der Waals surface area contributed by atoms with Crippen LogP contribution in [0.1, 0.15) is 48.3 Å². The number of hydrogen-bond donors (Lipinski definition) is 1. The van der Waals surface area contributed by atoms with E-state index >= 15 is 0 Å². The molecule has 2 aliphatic heterocycles. The van der Waals surface area contributed by atoms with E-state index in [0.29, 0.717) is 0 Å². The number of likely N-dealkylation sites (tertiary alicyclic amines) is 1. The van der Waals surface area contributed by atoms with Crippen molar-refractivity contribution >= 4 is 5.91 Å². The molecule has 0 saturated carbocycles. The van der Waals surface area contributed by atoms with E-state index in [1.807, 2.05) is 24.3 Å². The second-order valence-corrected chi connectivity index (χ2v) is 6.86. The van der Waals surface area contributed by atoms with Gasteiger partial charge in [-0.05, 0) is 25.5 Å². The molecule has 1 unspecified atom stereocenters. The number of para-hydroxylation sites is 1. The molecule has 6 heteroatoms. The molecule has 3 heterocycles. The third-order valence-corrected chi connectivity index (χ3v) is 5.38. The van der Waals surface area contributed by atoms with E-state index in [-0.39, 0.29) is 23.3 Å². The van der Waals surface area contributed by atoms with E-state index in [1.165, 1.54) is 6.20 Å². The average Bonchev–Trinajstić information content (AvgIpc) is 3.17. The fourth-order valence-electron chi connectivity index (χ4n) is 3.89. The highest BCUT2D eigenvalue weighted by atomic mass is 16.5. The van der Waals surface area contributed by atoms with Gasteiger partial charge in [0.05, 0.1) is 12.2 Å². The number of carbonyl (C=O) groups excluding carboxylic acids is 1. The lowest BCUT2D eigenvalue weighted by molar-refractivity contribution is -0.0236. The Labute approximate surface area is 147 Å². The standard InChI is InChI=1S/C19H23N3O3/c1-2-22-11-8-19(9-12-22)13-15(14-5-3-4-6-16(14)24-19)21-18(23)17-7-10-20-25-17/h3-7,10,15H,2,8-9,11-13H2,1H3,(H,21,23). The summed E-state index contributed by atoms with van der Waals surface area (Å²) in [4.78, 5) is 14.9. The van der Waals surface area contributed by atoms with Gasteiger partial charge < -0.3 is 19.5 Å². The third kappa shape index (κ3) is 3.14. The molecule has 4 rings (SSSR count). The van der Waals surface area contributed by atoms with Crippen molar-refractivity contribution in [3.63, 3.8) is 0 Å². The number of amides is 1. The van der Waals surface area contributed by atoms with Gasteiger partial charge in [-0.2, -0.15) is 0 Å². The van der Waals surface area contributed by atoms with Crippen molar-refractivity contribution in [1.82, 2.24) is 15.4 Å². The van der Waals surface area contributed by atoms with Gasteiger partial charge in [0.25, 0.3) is 5.91 Å². The maximum atomic E-state index is 12.5. The molecule has 25 heavy (non-hydrogen) atoms. The van der Waals surface area contributed by atoms with E-state index < -0.39 is 0 Å². The van der Waals surface area contributed by atoms with E-state index in [9.17, 15) is 4.79 Å². The molecule has 1 atom stereocenters. The Kier molecular flexibility index (Phi) is 4.21. The summed E-state index contributed by atoms with van der Waals surface area (Å²) in [6, 6.07) is 9.47. The van der Waals surface area contributed by atoms with Crippen LogP contribution < -0.4 is 10.1 Å². The van der Waals surface area contributed by atoms with Crippen molar-refractivity contribution in [3.05, 3.63) is 47.9 Å². The van der Waals surface area contributed by atoms with E-state index in [2.05, 4.69) is 22.3 Å². The molecule has 0 bridgehead atoms. The molecule has 132 valence electrons. The summed E-state index contributed by atoms with van der Waals surface area (Å²) >= 11 is 0. The second-order valence-electron chi connectivity index (χ2n) is 6.86. The summed E-state index contributed by atoms with van der Waals surface area (Å²) in [5.41, 5.74) is 0.818. The largest absolute Gasteiger partial charge is 0.487 e. The van der Waals surface area contributed by atoms with Crippen LogP contribution in [-0.4, -0.2) is 41.2 Å². The van der Waals surface area contributed by atoms with Crippen molar-refractivity contribution in [2.75, 3.05) is 19.6 Å².